The second-order valence-electron chi connectivity index (χ2n) is 4.19. The quantitative estimate of drug-likeness (QED) is 0.545. The largest absolute Gasteiger partial charge is 0.384 e. The van der Waals surface area contributed by atoms with E-state index in [9.17, 15) is 4.39 Å². The van der Waals surface area contributed by atoms with Crippen molar-refractivity contribution in [1.82, 2.24) is 9.78 Å². The fraction of sp³-hybridized carbons (Fsp3) is 0. The Balaban J connectivity index is 2.30. The van der Waals surface area contributed by atoms with Gasteiger partial charge in [0.1, 0.15) is 11.7 Å². The smallest absolute Gasteiger partial charge is 0.125 e. The normalized spacial score (nSPS) is 10.8. The zero-order valence-electron chi connectivity index (χ0n) is 9.97. The number of benzene rings is 2. The van der Waals surface area contributed by atoms with Crippen LogP contribution in [-0.2, 0) is 0 Å². The number of hydrogen-bond donors (Lipinski definition) is 2. The number of amidine groups is 1. The fourth-order valence-corrected chi connectivity index (χ4v) is 2.07. The molecule has 94 valence electrons. The minimum absolute atomic E-state index is 0.186. The highest BCUT2D eigenvalue weighted by molar-refractivity contribution is 5.99. The summed E-state index contributed by atoms with van der Waals surface area (Å²) in [6.07, 6.45) is 1.72. The van der Waals surface area contributed by atoms with Crippen molar-refractivity contribution in [3.05, 3.63) is 60.0 Å². The Kier molecular flexibility index (Phi) is 2.52. The van der Waals surface area contributed by atoms with Crippen LogP contribution in [0.25, 0.3) is 16.6 Å². The lowest BCUT2D eigenvalue weighted by Gasteiger charge is -2.09. The molecule has 0 unspecified atom stereocenters. The molecule has 4 nitrogen and oxygen atoms in total. The fourth-order valence-electron chi connectivity index (χ4n) is 2.07. The Morgan fingerprint density at radius 1 is 1.21 bits per heavy atom. The van der Waals surface area contributed by atoms with Crippen LogP contribution in [0.2, 0.25) is 0 Å². The van der Waals surface area contributed by atoms with Crippen LogP contribution >= 0.6 is 0 Å². The van der Waals surface area contributed by atoms with Gasteiger partial charge in [0, 0.05) is 10.9 Å². The first-order chi connectivity index (χ1) is 9.16. The van der Waals surface area contributed by atoms with Crippen molar-refractivity contribution < 1.29 is 4.39 Å². The van der Waals surface area contributed by atoms with Crippen LogP contribution in [-0.4, -0.2) is 15.6 Å². The molecule has 0 amide bonds. The van der Waals surface area contributed by atoms with Gasteiger partial charge in [-0.15, -0.1) is 0 Å². The second-order valence-corrected chi connectivity index (χ2v) is 4.19. The third kappa shape index (κ3) is 1.85. The van der Waals surface area contributed by atoms with Crippen molar-refractivity contribution in [2.45, 2.75) is 0 Å². The van der Waals surface area contributed by atoms with Crippen LogP contribution < -0.4 is 5.73 Å². The molecule has 0 bridgehead atoms. The molecule has 0 aliphatic carbocycles. The Hall–Kier alpha value is -2.69. The Bertz CT molecular complexity index is 776. The van der Waals surface area contributed by atoms with Gasteiger partial charge in [0.2, 0.25) is 0 Å². The first-order valence-electron chi connectivity index (χ1n) is 5.74. The average Bonchev–Trinajstić information content (AvgIpc) is 2.82. The van der Waals surface area contributed by atoms with Gasteiger partial charge in [-0.3, -0.25) is 5.41 Å². The maximum atomic E-state index is 13.3. The molecule has 0 radical (unpaired) electrons. The third-order valence-electron chi connectivity index (χ3n) is 2.95. The first kappa shape index (κ1) is 11.4. The summed E-state index contributed by atoms with van der Waals surface area (Å²) in [5.74, 6) is -0.612. The molecule has 0 fully saturated rings. The number of nitrogens with one attached hydrogen (secondary N) is 1. The molecular formula is C14H11FN4. The Labute approximate surface area is 108 Å². The number of para-hydroxylation sites is 1. The Morgan fingerprint density at radius 3 is 2.79 bits per heavy atom. The maximum absolute atomic E-state index is 13.3. The predicted octanol–water partition coefficient (Wildman–Crippen LogP) is 2.45. The molecular weight excluding hydrogens is 243 g/mol. The van der Waals surface area contributed by atoms with Crippen molar-refractivity contribution in [3.8, 4) is 5.69 Å². The van der Waals surface area contributed by atoms with Gasteiger partial charge in [-0.1, -0.05) is 18.2 Å². The zero-order chi connectivity index (χ0) is 13.4. The highest BCUT2D eigenvalue weighted by Gasteiger charge is 2.12. The zero-order valence-corrected chi connectivity index (χ0v) is 9.97. The van der Waals surface area contributed by atoms with Crippen molar-refractivity contribution in [2.75, 3.05) is 0 Å². The molecule has 2 aromatic carbocycles. The molecule has 0 atom stereocenters. The van der Waals surface area contributed by atoms with E-state index in [-0.39, 0.29) is 5.84 Å². The number of aromatic nitrogens is 2. The maximum Gasteiger partial charge on any atom is 0.125 e. The average molecular weight is 254 g/mol. The van der Waals surface area contributed by atoms with Gasteiger partial charge < -0.3 is 5.73 Å². The number of nitrogens with two attached hydrogens (primary N) is 1. The molecule has 3 N–H and O–H groups in total. The predicted molar refractivity (Wildman–Crippen MR) is 72.0 cm³/mol. The molecule has 0 aliphatic heterocycles. The molecule has 3 aromatic rings. The van der Waals surface area contributed by atoms with Gasteiger partial charge >= 0.3 is 0 Å². The Morgan fingerprint density at radius 2 is 2.00 bits per heavy atom. The van der Waals surface area contributed by atoms with Gasteiger partial charge in [0.25, 0.3) is 0 Å². The van der Waals surface area contributed by atoms with Crippen molar-refractivity contribution >= 4 is 16.7 Å². The van der Waals surface area contributed by atoms with E-state index in [4.69, 9.17) is 11.1 Å². The summed E-state index contributed by atoms with van der Waals surface area (Å²) < 4.78 is 14.9. The highest BCUT2D eigenvalue weighted by atomic mass is 19.1. The molecule has 1 aromatic heterocycles. The van der Waals surface area contributed by atoms with Crippen LogP contribution in [0.5, 0.6) is 0 Å². The van der Waals surface area contributed by atoms with Crippen molar-refractivity contribution in [1.29, 1.82) is 5.41 Å². The molecule has 0 spiro atoms. The van der Waals surface area contributed by atoms with E-state index in [1.54, 1.807) is 16.9 Å². The van der Waals surface area contributed by atoms with Crippen LogP contribution in [0.3, 0.4) is 0 Å². The van der Waals surface area contributed by atoms with Crippen molar-refractivity contribution in [3.63, 3.8) is 0 Å². The summed E-state index contributed by atoms with van der Waals surface area (Å²) in [6, 6.07) is 11.8. The number of fused-ring (bicyclic) bond motifs is 1. The van der Waals surface area contributed by atoms with E-state index >= 15 is 0 Å². The minimum Gasteiger partial charge on any atom is -0.384 e. The number of halogens is 1. The van der Waals surface area contributed by atoms with E-state index in [1.165, 1.54) is 12.1 Å². The van der Waals surface area contributed by atoms with Gasteiger partial charge in [0.15, 0.2) is 0 Å². The molecule has 19 heavy (non-hydrogen) atoms. The van der Waals surface area contributed by atoms with Gasteiger partial charge in [-0.05, 0) is 24.3 Å². The van der Waals surface area contributed by atoms with E-state index in [0.717, 1.165) is 10.9 Å². The van der Waals surface area contributed by atoms with E-state index < -0.39 is 5.82 Å². The summed E-state index contributed by atoms with van der Waals surface area (Å²) in [4.78, 5) is 0. The molecule has 0 aliphatic rings. The topological polar surface area (TPSA) is 67.7 Å². The van der Waals surface area contributed by atoms with Crippen molar-refractivity contribution in [2.24, 2.45) is 5.73 Å². The number of nitrogen functional groups attached to an aromatic ring is 1. The van der Waals surface area contributed by atoms with Gasteiger partial charge in [0.05, 0.1) is 17.4 Å². The number of nitrogens with zero attached hydrogens (tertiary/aromatic N) is 2. The molecule has 1 heterocycles. The van der Waals surface area contributed by atoms with E-state index in [1.807, 2.05) is 24.3 Å². The van der Waals surface area contributed by atoms with E-state index in [0.29, 0.717) is 11.3 Å². The summed E-state index contributed by atoms with van der Waals surface area (Å²) in [5.41, 5.74) is 7.32. The monoisotopic (exact) mass is 254 g/mol. The standard InChI is InChI=1S/C14H11FN4/c15-10-5-6-13(11(7-10)14(16)17)19-12-4-2-1-3-9(12)8-18-19/h1-8H,(H3,16,17). The van der Waals surface area contributed by atoms with Crippen LogP contribution in [0.1, 0.15) is 5.56 Å². The van der Waals surface area contributed by atoms with Crippen LogP contribution in [0.15, 0.2) is 48.7 Å². The molecule has 3 rings (SSSR count). The van der Waals surface area contributed by atoms with Gasteiger partial charge in [-0.25, -0.2) is 9.07 Å². The first-order valence-corrected chi connectivity index (χ1v) is 5.74. The highest BCUT2D eigenvalue weighted by Crippen LogP contribution is 2.21. The lowest BCUT2D eigenvalue weighted by molar-refractivity contribution is 0.626. The molecule has 5 heteroatoms. The third-order valence-corrected chi connectivity index (χ3v) is 2.95. The SMILES string of the molecule is N=C(N)c1cc(F)ccc1-n1ncc2ccccc21. The number of rotatable bonds is 2. The lowest BCUT2D eigenvalue weighted by atomic mass is 10.1. The summed E-state index contributed by atoms with van der Waals surface area (Å²) in [6.45, 7) is 0. The summed E-state index contributed by atoms with van der Waals surface area (Å²) in [7, 11) is 0. The van der Waals surface area contributed by atoms with Crippen LogP contribution in [0, 0.1) is 11.2 Å². The lowest BCUT2D eigenvalue weighted by Crippen LogP contribution is -2.15. The summed E-state index contributed by atoms with van der Waals surface area (Å²) in [5, 5.41) is 12.8. The van der Waals surface area contributed by atoms with E-state index in [2.05, 4.69) is 5.10 Å². The van der Waals surface area contributed by atoms with Crippen LogP contribution in [0.4, 0.5) is 4.39 Å². The minimum atomic E-state index is -0.426. The second kappa shape index (κ2) is 4.20. The molecule has 0 saturated heterocycles. The van der Waals surface area contributed by atoms with Gasteiger partial charge in [-0.2, -0.15) is 5.10 Å². The molecule has 0 saturated carbocycles. The summed E-state index contributed by atoms with van der Waals surface area (Å²) >= 11 is 0. The number of hydrogen-bond acceptors (Lipinski definition) is 2.